The van der Waals surface area contributed by atoms with Crippen LogP contribution in [0.25, 0.3) is 0 Å². The Balaban J connectivity index is 2.82. The maximum Gasteiger partial charge on any atom is 0.153 e. The first-order valence-electron chi connectivity index (χ1n) is 5.84. The number of nitrogens with one attached hydrogen (secondary N) is 1. The van der Waals surface area contributed by atoms with E-state index in [1.54, 1.807) is 0 Å². The van der Waals surface area contributed by atoms with E-state index in [1.165, 1.54) is 0 Å². The monoisotopic (exact) mass is 288 g/mol. The molecule has 0 fully saturated rings. The molecule has 0 aliphatic carbocycles. The van der Waals surface area contributed by atoms with Crippen LogP contribution in [0.3, 0.4) is 0 Å². The number of aryl methyl sites for hydroxylation is 1. The number of hydrogen-bond acceptors (Lipinski definition) is 3. The van der Waals surface area contributed by atoms with E-state index < -0.39 is 0 Å². The second kappa shape index (κ2) is 6.35. The Labute approximate surface area is 106 Å². The molecule has 0 saturated heterocycles. The summed E-state index contributed by atoms with van der Waals surface area (Å²) in [7, 11) is 1.94. The van der Waals surface area contributed by atoms with Crippen molar-refractivity contribution in [2.75, 3.05) is 6.54 Å². The summed E-state index contributed by atoms with van der Waals surface area (Å²) in [6.07, 6.45) is 2.23. The Bertz CT molecular complexity index is 302. The number of hydrogen-bond donors (Lipinski definition) is 1. The molecule has 1 rings (SSSR count). The quantitative estimate of drug-likeness (QED) is 0.875. The van der Waals surface area contributed by atoms with Gasteiger partial charge in [-0.1, -0.05) is 26.0 Å². The molecule has 16 heavy (non-hydrogen) atoms. The molecule has 1 aromatic rings. The molecule has 0 radical (unpaired) electrons. The zero-order valence-electron chi connectivity index (χ0n) is 10.5. The summed E-state index contributed by atoms with van der Waals surface area (Å²) in [5.41, 5.74) is 1.14. The minimum absolute atomic E-state index is 0.328. The summed E-state index contributed by atoms with van der Waals surface area (Å²) < 4.78 is 2.70. The van der Waals surface area contributed by atoms with Crippen molar-refractivity contribution in [3.05, 3.63) is 10.3 Å². The standard InChI is InChI=1S/C11H21BrN4/c1-5-6-13-9(7-8(2)3)10-11(12)14-15-16(10)4/h8-9,13H,5-7H2,1-4H3. The molecular weight excluding hydrogens is 268 g/mol. The van der Waals surface area contributed by atoms with Crippen molar-refractivity contribution in [2.45, 2.75) is 39.7 Å². The van der Waals surface area contributed by atoms with E-state index in [1.807, 2.05) is 11.7 Å². The first-order chi connectivity index (χ1) is 7.56. The molecule has 0 saturated carbocycles. The van der Waals surface area contributed by atoms with Crippen LogP contribution in [-0.2, 0) is 7.05 Å². The van der Waals surface area contributed by atoms with E-state index >= 15 is 0 Å². The number of rotatable bonds is 6. The van der Waals surface area contributed by atoms with Crippen LogP contribution in [0.1, 0.15) is 45.3 Å². The van der Waals surface area contributed by atoms with Gasteiger partial charge >= 0.3 is 0 Å². The van der Waals surface area contributed by atoms with Crippen LogP contribution in [0.5, 0.6) is 0 Å². The Kier molecular flexibility index (Phi) is 5.41. The lowest BCUT2D eigenvalue weighted by Gasteiger charge is -2.20. The van der Waals surface area contributed by atoms with Crippen molar-refractivity contribution in [1.29, 1.82) is 0 Å². The average Bonchev–Trinajstić information content (AvgIpc) is 2.53. The minimum atomic E-state index is 0.328. The molecule has 0 aliphatic heterocycles. The summed E-state index contributed by atoms with van der Waals surface area (Å²) in [4.78, 5) is 0. The minimum Gasteiger partial charge on any atom is -0.309 e. The normalized spacial score (nSPS) is 13.4. The van der Waals surface area contributed by atoms with Crippen LogP contribution in [0, 0.1) is 5.92 Å². The van der Waals surface area contributed by atoms with Gasteiger partial charge in [-0.2, -0.15) is 0 Å². The fourth-order valence-corrected chi connectivity index (χ4v) is 2.39. The lowest BCUT2D eigenvalue weighted by molar-refractivity contribution is 0.409. The molecule has 0 spiro atoms. The zero-order valence-corrected chi connectivity index (χ0v) is 12.1. The van der Waals surface area contributed by atoms with E-state index in [-0.39, 0.29) is 0 Å². The second-order valence-corrected chi connectivity index (χ2v) is 5.28. The van der Waals surface area contributed by atoms with E-state index in [9.17, 15) is 0 Å². The Morgan fingerprint density at radius 3 is 2.56 bits per heavy atom. The molecule has 0 bridgehead atoms. The van der Waals surface area contributed by atoms with Gasteiger partial charge in [0.15, 0.2) is 4.60 Å². The Morgan fingerprint density at radius 1 is 1.44 bits per heavy atom. The number of nitrogens with zero attached hydrogens (tertiary/aromatic N) is 3. The zero-order chi connectivity index (χ0) is 12.1. The molecule has 0 aliphatic rings. The predicted octanol–water partition coefficient (Wildman–Crippen LogP) is 2.66. The van der Waals surface area contributed by atoms with Crippen LogP contribution in [0.4, 0.5) is 0 Å². The molecule has 0 aromatic carbocycles. The van der Waals surface area contributed by atoms with Gasteiger partial charge in [0.1, 0.15) is 0 Å². The van der Waals surface area contributed by atoms with Crippen molar-refractivity contribution in [3.8, 4) is 0 Å². The van der Waals surface area contributed by atoms with Crippen molar-refractivity contribution in [3.63, 3.8) is 0 Å². The highest BCUT2D eigenvalue weighted by Gasteiger charge is 2.20. The first kappa shape index (κ1) is 13.6. The van der Waals surface area contributed by atoms with Crippen molar-refractivity contribution in [1.82, 2.24) is 20.3 Å². The summed E-state index contributed by atoms with van der Waals surface area (Å²) in [5, 5.41) is 11.6. The molecular formula is C11H21BrN4. The van der Waals surface area contributed by atoms with Gasteiger partial charge in [-0.05, 0) is 41.2 Å². The second-order valence-electron chi connectivity index (χ2n) is 4.53. The topological polar surface area (TPSA) is 42.7 Å². The predicted molar refractivity (Wildman–Crippen MR) is 69.2 cm³/mol. The van der Waals surface area contributed by atoms with Gasteiger partial charge in [0.25, 0.3) is 0 Å². The highest BCUT2D eigenvalue weighted by Crippen LogP contribution is 2.25. The van der Waals surface area contributed by atoms with E-state index in [0.717, 1.165) is 29.7 Å². The van der Waals surface area contributed by atoms with Crippen LogP contribution >= 0.6 is 15.9 Å². The SMILES string of the molecule is CCCNC(CC(C)C)c1c(Br)nnn1C. The van der Waals surface area contributed by atoms with Crippen LogP contribution in [0.15, 0.2) is 4.60 Å². The molecule has 1 unspecified atom stereocenters. The Morgan fingerprint density at radius 2 is 2.12 bits per heavy atom. The number of aromatic nitrogens is 3. The molecule has 92 valence electrons. The van der Waals surface area contributed by atoms with Gasteiger partial charge in [0.2, 0.25) is 0 Å². The van der Waals surface area contributed by atoms with Crippen molar-refractivity contribution in [2.24, 2.45) is 13.0 Å². The molecule has 1 aromatic heterocycles. The largest absolute Gasteiger partial charge is 0.309 e. The molecule has 0 amide bonds. The maximum absolute atomic E-state index is 4.04. The first-order valence-corrected chi connectivity index (χ1v) is 6.64. The third-order valence-electron chi connectivity index (χ3n) is 2.50. The van der Waals surface area contributed by atoms with E-state index in [4.69, 9.17) is 0 Å². The van der Waals surface area contributed by atoms with Gasteiger partial charge in [-0.3, -0.25) is 0 Å². The Hall–Kier alpha value is -0.420. The van der Waals surface area contributed by atoms with E-state index in [0.29, 0.717) is 12.0 Å². The third-order valence-corrected chi connectivity index (χ3v) is 3.07. The molecule has 1 N–H and O–H groups in total. The van der Waals surface area contributed by atoms with Gasteiger partial charge in [-0.15, -0.1) is 5.10 Å². The van der Waals surface area contributed by atoms with Gasteiger partial charge in [0.05, 0.1) is 11.7 Å². The van der Waals surface area contributed by atoms with E-state index in [2.05, 4.69) is 52.3 Å². The summed E-state index contributed by atoms with van der Waals surface area (Å²) in [6, 6.07) is 0.328. The fraction of sp³-hybridized carbons (Fsp3) is 0.818. The highest BCUT2D eigenvalue weighted by atomic mass is 79.9. The van der Waals surface area contributed by atoms with Crippen LogP contribution < -0.4 is 5.32 Å². The fourth-order valence-electron chi connectivity index (χ4n) is 1.79. The van der Waals surface area contributed by atoms with Gasteiger partial charge in [0, 0.05) is 7.05 Å². The summed E-state index contributed by atoms with van der Waals surface area (Å²) >= 11 is 3.47. The van der Waals surface area contributed by atoms with Crippen molar-refractivity contribution < 1.29 is 0 Å². The van der Waals surface area contributed by atoms with Crippen LogP contribution in [0.2, 0.25) is 0 Å². The lowest BCUT2D eigenvalue weighted by Crippen LogP contribution is -2.26. The highest BCUT2D eigenvalue weighted by molar-refractivity contribution is 9.10. The van der Waals surface area contributed by atoms with Crippen molar-refractivity contribution >= 4 is 15.9 Å². The van der Waals surface area contributed by atoms with Crippen LogP contribution in [-0.4, -0.2) is 21.5 Å². The summed E-state index contributed by atoms with van der Waals surface area (Å²) in [5.74, 6) is 0.649. The summed E-state index contributed by atoms with van der Waals surface area (Å²) in [6.45, 7) is 7.67. The smallest absolute Gasteiger partial charge is 0.153 e. The lowest BCUT2D eigenvalue weighted by atomic mass is 10.0. The third kappa shape index (κ3) is 3.56. The van der Waals surface area contributed by atoms with Gasteiger partial charge < -0.3 is 5.32 Å². The number of halogens is 1. The molecule has 5 heteroatoms. The average molecular weight is 289 g/mol. The molecule has 1 atom stereocenters. The molecule has 4 nitrogen and oxygen atoms in total. The van der Waals surface area contributed by atoms with Gasteiger partial charge in [-0.25, -0.2) is 4.68 Å². The molecule has 1 heterocycles. The maximum atomic E-state index is 4.04.